The third-order valence-electron chi connectivity index (χ3n) is 2.73. The van der Waals surface area contributed by atoms with Gasteiger partial charge in [-0.15, -0.1) is 0 Å². The molecule has 108 valence electrons. The summed E-state index contributed by atoms with van der Waals surface area (Å²) in [7, 11) is 1.64. The Morgan fingerprint density at radius 3 is 2.55 bits per heavy atom. The van der Waals surface area contributed by atoms with Gasteiger partial charge in [-0.3, -0.25) is 9.79 Å². The van der Waals surface area contributed by atoms with Crippen molar-refractivity contribution in [2.24, 2.45) is 4.99 Å². The van der Waals surface area contributed by atoms with Crippen molar-refractivity contribution in [3.63, 3.8) is 0 Å². The number of rotatable bonds is 7. The highest BCUT2D eigenvalue weighted by atomic mass is 35.5. The van der Waals surface area contributed by atoms with Crippen LogP contribution in [0, 0.1) is 5.82 Å². The topological polar surface area (TPSA) is 32.7 Å². The minimum Gasteiger partial charge on any atom is -0.335 e. The average molecular weight is 297 g/mol. The van der Waals surface area contributed by atoms with E-state index in [0.717, 1.165) is 18.4 Å². The first kappa shape index (κ1) is 16.4. The lowest BCUT2D eigenvalue weighted by Crippen LogP contribution is -2.28. The van der Waals surface area contributed by atoms with Crippen LogP contribution >= 0.6 is 11.6 Å². The second-order valence-electron chi connectivity index (χ2n) is 4.27. The number of hydrogen-bond acceptors (Lipinski definition) is 2. The van der Waals surface area contributed by atoms with Crippen molar-refractivity contribution >= 4 is 23.7 Å². The first-order valence-electron chi connectivity index (χ1n) is 6.36. The van der Waals surface area contributed by atoms with Gasteiger partial charge in [-0.1, -0.05) is 36.7 Å². The predicted molar refractivity (Wildman–Crippen MR) is 80.5 cm³/mol. The van der Waals surface area contributed by atoms with Crippen molar-refractivity contribution in [2.75, 3.05) is 13.6 Å². The Kier molecular flexibility index (Phi) is 6.94. The summed E-state index contributed by atoms with van der Waals surface area (Å²) < 4.78 is 12.8. The van der Waals surface area contributed by atoms with Crippen LogP contribution in [0.1, 0.15) is 18.9 Å². The quantitative estimate of drug-likeness (QED) is 0.561. The number of allylic oxidation sites excluding steroid dienone is 1. The predicted octanol–water partition coefficient (Wildman–Crippen LogP) is 3.39. The van der Waals surface area contributed by atoms with Gasteiger partial charge in [0.15, 0.2) is 0 Å². The van der Waals surface area contributed by atoms with E-state index in [1.807, 2.05) is 13.0 Å². The standard InChI is InChI=1S/C15H18ClFN2O/c1-3-4-14(16)15(18-2)10-19(11-20)9-12-5-7-13(17)8-6-12/h4-8,11H,3,9-10H2,1-2H3/b14-4+,18-15?. The van der Waals surface area contributed by atoms with Crippen LogP contribution in [0.4, 0.5) is 4.39 Å². The summed E-state index contributed by atoms with van der Waals surface area (Å²) >= 11 is 6.11. The number of carbonyl (C=O) groups excluding carboxylic acids is 1. The Morgan fingerprint density at radius 1 is 1.40 bits per heavy atom. The maximum atomic E-state index is 12.8. The first-order chi connectivity index (χ1) is 9.60. The Hall–Kier alpha value is -1.68. The molecule has 0 aromatic heterocycles. The van der Waals surface area contributed by atoms with Gasteiger partial charge in [0.2, 0.25) is 6.41 Å². The van der Waals surface area contributed by atoms with Gasteiger partial charge >= 0.3 is 0 Å². The second-order valence-corrected chi connectivity index (χ2v) is 4.67. The van der Waals surface area contributed by atoms with E-state index in [0.29, 0.717) is 23.8 Å². The Bertz CT molecular complexity index is 497. The molecule has 0 unspecified atom stereocenters. The zero-order valence-electron chi connectivity index (χ0n) is 11.6. The molecule has 20 heavy (non-hydrogen) atoms. The number of benzene rings is 1. The third kappa shape index (κ3) is 5.13. The molecule has 0 spiro atoms. The smallest absolute Gasteiger partial charge is 0.210 e. The van der Waals surface area contributed by atoms with E-state index in [9.17, 15) is 9.18 Å². The van der Waals surface area contributed by atoms with Crippen molar-refractivity contribution in [1.29, 1.82) is 0 Å². The summed E-state index contributed by atoms with van der Waals surface area (Å²) in [6.07, 6.45) is 3.40. The summed E-state index contributed by atoms with van der Waals surface area (Å²) in [5.74, 6) is -0.295. The average Bonchev–Trinajstić information content (AvgIpc) is 2.45. The molecule has 0 N–H and O–H groups in total. The van der Waals surface area contributed by atoms with Crippen LogP contribution in [0.3, 0.4) is 0 Å². The van der Waals surface area contributed by atoms with Crippen molar-refractivity contribution in [1.82, 2.24) is 4.90 Å². The Labute approximate surface area is 123 Å². The van der Waals surface area contributed by atoms with Gasteiger partial charge in [0, 0.05) is 13.6 Å². The Balaban J connectivity index is 2.74. The van der Waals surface area contributed by atoms with E-state index in [-0.39, 0.29) is 5.82 Å². The zero-order chi connectivity index (χ0) is 15.0. The van der Waals surface area contributed by atoms with Crippen LogP contribution in [-0.2, 0) is 11.3 Å². The van der Waals surface area contributed by atoms with Crippen LogP contribution in [0.5, 0.6) is 0 Å². The number of nitrogens with zero attached hydrogens (tertiary/aromatic N) is 2. The molecule has 0 saturated carbocycles. The Morgan fingerprint density at radius 2 is 2.05 bits per heavy atom. The second kappa shape index (κ2) is 8.48. The van der Waals surface area contributed by atoms with Gasteiger partial charge in [0.1, 0.15) is 5.82 Å². The lowest BCUT2D eigenvalue weighted by molar-refractivity contribution is -0.118. The number of hydrogen-bond donors (Lipinski definition) is 0. The van der Waals surface area contributed by atoms with Crippen LogP contribution in [0.25, 0.3) is 0 Å². The highest BCUT2D eigenvalue weighted by molar-refractivity contribution is 6.43. The fourth-order valence-electron chi connectivity index (χ4n) is 1.70. The van der Waals surface area contributed by atoms with E-state index < -0.39 is 0 Å². The maximum absolute atomic E-state index is 12.8. The van der Waals surface area contributed by atoms with Crippen LogP contribution in [0.2, 0.25) is 0 Å². The number of aliphatic imine (C=N–C) groups is 1. The molecule has 0 aliphatic rings. The first-order valence-corrected chi connectivity index (χ1v) is 6.74. The number of carbonyl (C=O) groups is 1. The molecule has 0 bridgehead atoms. The summed E-state index contributed by atoms with van der Waals surface area (Å²) in [5, 5.41) is 0.556. The molecule has 1 aromatic carbocycles. The minimum absolute atomic E-state index is 0.295. The van der Waals surface area contributed by atoms with E-state index in [1.54, 1.807) is 24.1 Å². The van der Waals surface area contributed by atoms with Gasteiger partial charge in [0.25, 0.3) is 0 Å². The van der Waals surface area contributed by atoms with E-state index in [2.05, 4.69) is 4.99 Å². The van der Waals surface area contributed by atoms with E-state index >= 15 is 0 Å². The van der Waals surface area contributed by atoms with Crippen LogP contribution in [-0.4, -0.2) is 30.6 Å². The molecule has 0 saturated heterocycles. The molecule has 1 rings (SSSR count). The molecule has 0 aliphatic carbocycles. The molecule has 0 radical (unpaired) electrons. The van der Waals surface area contributed by atoms with E-state index in [4.69, 9.17) is 11.6 Å². The SMILES string of the molecule is CC/C=C(/Cl)C(CN(C=O)Cc1ccc(F)cc1)=NC. The number of amides is 1. The minimum atomic E-state index is -0.295. The molecule has 0 atom stereocenters. The summed E-state index contributed by atoms with van der Waals surface area (Å²) in [4.78, 5) is 16.8. The molecule has 0 heterocycles. The fraction of sp³-hybridized carbons (Fsp3) is 0.333. The van der Waals surface area contributed by atoms with Crippen molar-refractivity contribution in [2.45, 2.75) is 19.9 Å². The molecule has 5 heteroatoms. The molecular formula is C15H18ClFN2O. The third-order valence-corrected chi connectivity index (χ3v) is 3.10. The lowest BCUT2D eigenvalue weighted by Gasteiger charge is -2.18. The summed E-state index contributed by atoms with van der Waals surface area (Å²) in [5.41, 5.74) is 1.51. The molecular weight excluding hydrogens is 279 g/mol. The van der Waals surface area contributed by atoms with Gasteiger partial charge in [-0.25, -0.2) is 4.39 Å². The van der Waals surface area contributed by atoms with Gasteiger partial charge < -0.3 is 4.90 Å². The zero-order valence-corrected chi connectivity index (χ0v) is 12.4. The number of halogens is 2. The fourth-order valence-corrected chi connectivity index (χ4v) is 2.00. The van der Waals surface area contributed by atoms with Crippen molar-refractivity contribution in [3.8, 4) is 0 Å². The normalized spacial score (nSPS) is 12.4. The monoisotopic (exact) mass is 296 g/mol. The van der Waals surface area contributed by atoms with E-state index in [1.165, 1.54) is 12.1 Å². The molecule has 0 aliphatic heterocycles. The summed E-state index contributed by atoms with van der Waals surface area (Å²) in [6, 6.07) is 6.05. The largest absolute Gasteiger partial charge is 0.335 e. The highest BCUT2D eigenvalue weighted by Crippen LogP contribution is 2.10. The highest BCUT2D eigenvalue weighted by Gasteiger charge is 2.10. The summed E-state index contributed by atoms with van der Waals surface area (Å²) in [6.45, 7) is 2.69. The van der Waals surface area contributed by atoms with Crippen molar-refractivity contribution in [3.05, 3.63) is 46.8 Å². The van der Waals surface area contributed by atoms with Gasteiger partial charge in [0.05, 0.1) is 17.3 Å². The molecule has 0 fully saturated rings. The van der Waals surface area contributed by atoms with Gasteiger partial charge in [-0.05, 0) is 24.1 Å². The van der Waals surface area contributed by atoms with Crippen LogP contribution < -0.4 is 0 Å². The molecule has 3 nitrogen and oxygen atoms in total. The molecule has 1 amide bonds. The van der Waals surface area contributed by atoms with Crippen molar-refractivity contribution < 1.29 is 9.18 Å². The van der Waals surface area contributed by atoms with Crippen LogP contribution in [0.15, 0.2) is 40.4 Å². The van der Waals surface area contributed by atoms with Gasteiger partial charge in [-0.2, -0.15) is 0 Å². The lowest BCUT2D eigenvalue weighted by atomic mass is 10.2. The molecule has 1 aromatic rings. The maximum Gasteiger partial charge on any atom is 0.210 e.